The molecule has 1 heterocycles. The first-order valence-corrected chi connectivity index (χ1v) is 5.46. The first-order valence-electron chi connectivity index (χ1n) is 5.46. The summed E-state index contributed by atoms with van der Waals surface area (Å²) in [4.78, 5) is 4.29. The fourth-order valence-corrected chi connectivity index (χ4v) is 1.30. The third-order valence-electron chi connectivity index (χ3n) is 2.60. The molecular formula is C11H17N3O. The van der Waals surface area contributed by atoms with Gasteiger partial charge in [0.25, 0.3) is 0 Å². The van der Waals surface area contributed by atoms with E-state index < -0.39 is 0 Å². The van der Waals surface area contributed by atoms with Crippen LogP contribution in [-0.4, -0.2) is 23.2 Å². The highest BCUT2D eigenvalue weighted by Crippen LogP contribution is 2.30. The molecule has 1 aromatic rings. The van der Waals surface area contributed by atoms with E-state index in [1.807, 2.05) is 13.1 Å². The Balaban J connectivity index is 1.90. The van der Waals surface area contributed by atoms with Crippen molar-refractivity contribution in [3.05, 3.63) is 17.8 Å². The Morgan fingerprint density at radius 1 is 1.60 bits per heavy atom. The van der Waals surface area contributed by atoms with Crippen LogP contribution < -0.4 is 5.32 Å². The van der Waals surface area contributed by atoms with Crippen LogP contribution in [0, 0.1) is 5.92 Å². The monoisotopic (exact) mass is 207 g/mol. The first kappa shape index (κ1) is 10.4. The van der Waals surface area contributed by atoms with Crippen molar-refractivity contribution in [1.29, 1.82) is 0 Å². The van der Waals surface area contributed by atoms with Crippen LogP contribution in [0.4, 0.5) is 0 Å². The molecule has 1 atom stereocenters. The summed E-state index contributed by atoms with van der Waals surface area (Å²) in [6, 6.07) is 0.378. The third kappa shape index (κ3) is 3.16. The lowest BCUT2D eigenvalue weighted by molar-refractivity contribution is 0.399. The van der Waals surface area contributed by atoms with E-state index >= 15 is 0 Å². The fraction of sp³-hybridized carbons (Fsp3) is 0.636. The van der Waals surface area contributed by atoms with Crippen molar-refractivity contribution in [2.45, 2.75) is 32.2 Å². The van der Waals surface area contributed by atoms with E-state index in [4.69, 9.17) is 4.52 Å². The van der Waals surface area contributed by atoms with E-state index in [-0.39, 0.29) is 0 Å². The lowest BCUT2D eigenvalue weighted by Gasteiger charge is -2.04. The molecular weight excluding hydrogens is 190 g/mol. The minimum absolute atomic E-state index is 0.378. The van der Waals surface area contributed by atoms with Crippen LogP contribution >= 0.6 is 0 Å². The summed E-state index contributed by atoms with van der Waals surface area (Å²) in [6.07, 6.45) is 7.48. The summed E-state index contributed by atoms with van der Waals surface area (Å²) in [6.45, 7) is 2.09. The van der Waals surface area contributed by atoms with E-state index in [0.29, 0.717) is 11.9 Å². The SMILES string of the molecule is CNC(C)Cc1noc(/C=C/C2CC2)n1. The Labute approximate surface area is 89.8 Å². The van der Waals surface area contributed by atoms with E-state index in [0.717, 1.165) is 18.2 Å². The van der Waals surface area contributed by atoms with Gasteiger partial charge in [-0.1, -0.05) is 11.2 Å². The van der Waals surface area contributed by atoms with Crippen LogP contribution in [0.2, 0.25) is 0 Å². The van der Waals surface area contributed by atoms with Gasteiger partial charge in [-0.15, -0.1) is 0 Å². The second kappa shape index (κ2) is 4.57. The van der Waals surface area contributed by atoms with Crippen molar-refractivity contribution >= 4 is 6.08 Å². The Morgan fingerprint density at radius 2 is 2.40 bits per heavy atom. The van der Waals surface area contributed by atoms with Gasteiger partial charge in [-0.2, -0.15) is 4.98 Å². The van der Waals surface area contributed by atoms with Gasteiger partial charge in [-0.25, -0.2) is 0 Å². The number of hydrogen-bond donors (Lipinski definition) is 1. The average molecular weight is 207 g/mol. The number of rotatable bonds is 5. The molecule has 0 amide bonds. The van der Waals surface area contributed by atoms with Crippen molar-refractivity contribution in [2.24, 2.45) is 5.92 Å². The van der Waals surface area contributed by atoms with Gasteiger partial charge >= 0.3 is 0 Å². The van der Waals surface area contributed by atoms with Gasteiger partial charge in [0.1, 0.15) is 0 Å². The van der Waals surface area contributed by atoms with Gasteiger partial charge in [0.15, 0.2) is 5.82 Å². The third-order valence-corrected chi connectivity index (χ3v) is 2.60. The largest absolute Gasteiger partial charge is 0.335 e. The van der Waals surface area contributed by atoms with Crippen LogP contribution in [0.3, 0.4) is 0 Å². The molecule has 0 bridgehead atoms. The van der Waals surface area contributed by atoms with Crippen molar-refractivity contribution < 1.29 is 4.52 Å². The maximum atomic E-state index is 5.11. The molecule has 0 radical (unpaired) electrons. The van der Waals surface area contributed by atoms with E-state index in [1.165, 1.54) is 12.8 Å². The van der Waals surface area contributed by atoms with Gasteiger partial charge in [0, 0.05) is 12.5 Å². The molecule has 0 aromatic carbocycles. The highest BCUT2D eigenvalue weighted by atomic mass is 16.5. The highest BCUT2D eigenvalue weighted by molar-refractivity contribution is 5.38. The topological polar surface area (TPSA) is 51.0 Å². The second-order valence-corrected chi connectivity index (χ2v) is 4.14. The number of hydrogen-bond acceptors (Lipinski definition) is 4. The smallest absolute Gasteiger partial charge is 0.250 e. The predicted octanol–water partition coefficient (Wildman–Crippen LogP) is 1.64. The molecule has 1 aliphatic rings. The fourth-order valence-electron chi connectivity index (χ4n) is 1.30. The Hall–Kier alpha value is -1.16. The standard InChI is InChI=1S/C11H17N3O/c1-8(12-2)7-10-13-11(15-14-10)6-5-9-3-4-9/h5-6,8-9,12H,3-4,7H2,1-2H3/b6-5+. The lowest BCUT2D eigenvalue weighted by atomic mass is 10.2. The van der Waals surface area contributed by atoms with Gasteiger partial charge in [0.2, 0.25) is 5.89 Å². The molecule has 15 heavy (non-hydrogen) atoms. The Kier molecular flexibility index (Phi) is 3.16. The molecule has 1 saturated carbocycles. The molecule has 2 rings (SSSR count). The first-order chi connectivity index (χ1) is 7.28. The van der Waals surface area contributed by atoms with Crippen molar-refractivity contribution in [1.82, 2.24) is 15.5 Å². The van der Waals surface area contributed by atoms with E-state index in [9.17, 15) is 0 Å². The lowest BCUT2D eigenvalue weighted by Crippen LogP contribution is -2.24. The molecule has 0 aliphatic heterocycles. The number of allylic oxidation sites excluding steroid dienone is 1. The number of aromatic nitrogens is 2. The summed E-state index contributed by atoms with van der Waals surface area (Å²) in [5.41, 5.74) is 0. The predicted molar refractivity (Wildman–Crippen MR) is 58.3 cm³/mol. The molecule has 1 aromatic heterocycles. The molecule has 1 fully saturated rings. The molecule has 82 valence electrons. The average Bonchev–Trinajstić information content (AvgIpc) is 2.97. The zero-order valence-electron chi connectivity index (χ0n) is 9.23. The molecule has 0 spiro atoms. The summed E-state index contributed by atoms with van der Waals surface area (Å²) in [5.74, 6) is 2.14. The molecule has 1 aliphatic carbocycles. The normalized spacial score (nSPS) is 18.5. The zero-order valence-corrected chi connectivity index (χ0v) is 9.23. The van der Waals surface area contributed by atoms with Crippen molar-refractivity contribution in [3.8, 4) is 0 Å². The minimum Gasteiger partial charge on any atom is -0.335 e. The Bertz CT molecular complexity index is 341. The highest BCUT2D eigenvalue weighted by Gasteiger charge is 2.17. The zero-order chi connectivity index (χ0) is 10.7. The van der Waals surface area contributed by atoms with E-state index in [1.54, 1.807) is 0 Å². The minimum atomic E-state index is 0.378. The van der Waals surface area contributed by atoms with Crippen LogP contribution in [-0.2, 0) is 6.42 Å². The van der Waals surface area contributed by atoms with Gasteiger partial charge in [-0.3, -0.25) is 0 Å². The Morgan fingerprint density at radius 3 is 3.07 bits per heavy atom. The number of nitrogens with zero attached hydrogens (tertiary/aromatic N) is 2. The summed E-state index contributed by atoms with van der Waals surface area (Å²) in [7, 11) is 1.93. The molecule has 4 nitrogen and oxygen atoms in total. The summed E-state index contributed by atoms with van der Waals surface area (Å²) in [5, 5.41) is 7.07. The van der Waals surface area contributed by atoms with Crippen LogP contribution in [0.25, 0.3) is 6.08 Å². The maximum Gasteiger partial charge on any atom is 0.250 e. The van der Waals surface area contributed by atoms with Crippen LogP contribution in [0.5, 0.6) is 0 Å². The summed E-state index contributed by atoms with van der Waals surface area (Å²) < 4.78 is 5.11. The molecule has 1 unspecified atom stereocenters. The van der Waals surface area contributed by atoms with Crippen molar-refractivity contribution in [3.63, 3.8) is 0 Å². The number of likely N-dealkylation sites (N-methyl/N-ethyl adjacent to an activating group) is 1. The molecule has 0 saturated heterocycles. The molecule has 1 N–H and O–H groups in total. The number of nitrogens with one attached hydrogen (secondary N) is 1. The van der Waals surface area contributed by atoms with Gasteiger partial charge in [0.05, 0.1) is 0 Å². The van der Waals surface area contributed by atoms with Crippen LogP contribution in [0.1, 0.15) is 31.5 Å². The van der Waals surface area contributed by atoms with Crippen molar-refractivity contribution in [2.75, 3.05) is 7.05 Å². The van der Waals surface area contributed by atoms with Crippen LogP contribution in [0.15, 0.2) is 10.6 Å². The summed E-state index contributed by atoms with van der Waals surface area (Å²) >= 11 is 0. The second-order valence-electron chi connectivity index (χ2n) is 4.14. The quantitative estimate of drug-likeness (QED) is 0.797. The maximum absolute atomic E-state index is 5.11. The van der Waals surface area contributed by atoms with E-state index in [2.05, 4.69) is 28.5 Å². The van der Waals surface area contributed by atoms with Gasteiger partial charge < -0.3 is 9.84 Å². The molecule has 4 heteroatoms. The van der Waals surface area contributed by atoms with Gasteiger partial charge in [-0.05, 0) is 38.8 Å².